The zero-order valence-corrected chi connectivity index (χ0v) is 21.7. The minimum Gasteiger partial charge on any atom is -0.493 e. The molecule has 2 aromatic carbocycles. The van der Waals surface area contributed by atoms with Gasteiger partial charge < -0.3 is 15.0 Å². The van der Waals surface area contributed by atoms with Crippen molar-refractivity contribution in [3.8, 4) is 5.75 Å². The quantitative estimate of drug-likeness (QED) is 0.392. The molecule has 1 heterocycles. The largest absolute Gasteiger partial charge is 0.493 e. The molecule has 0 radical (unpaired) electrons. The number of ether oxygens (including phenoxy) is 1. The number of anilines is 2. The Morgan fingerprint density at radius 2 is 1.65 bits per heavy atom. The van der Waals surface area contributed by atoms with E-state index in [1.807, 2.05) is 38.4 Å². The summed E-state index contributed by atoms with van der Waals surface area (Å²) in [5.41, 5.74) is 2.30. The predicted octanol–water partition coefficient (Wildman–Crippen LogP) is 6.97. The first kappa shape index (κ1) is 25.8. The maximum absolute atomic E-state index is 5.58. The molecule has 1 saturated carbocycles. The van der Waals surface area contributed by atoms with Crippen molar-refractivity contribution in [2.45, 2.75) is 59.3 Å². The van der Waals surface area contributed by atoms with Crippen molar-refractivity contribution in [3.63, 3.8) is 0 Å². The Balaban J connectivity index is 0.000000229. The van der Waals surface area contributed by atoms with Crippen LogP contribution in [0.2, 0.25) is 0 Å². The average Bonchev–Trinajstić information content (AvgIpc) is 2.87. The van der Waals surface area contributed by atoms with Gasteiger partial charge in [0.2, 0.25) is 5.95 Å². The van der Waals surface area contributed by atoms with Crippen LogP contribution in [0, 0.1) is 11.8 Å². The number of aryl methyl sites for hydroxylation is 1. The van der Waals surface area contributed by atoms with Gasteiger partial charge in [-0.25, -0.2) is 4.98 Å². The fourth-order valence-corrected chi connectivity index (χ4v) is 4.40. The van der Waals surface area contributed by atoms with Crippen LogP contribution in [-0.2, 0) is 6.42 Å². The second kappa shape index (κ2) is 13.2. The SMILES string of the molecule is CC1CCC(CNc2nc(N(C)C)c3ccccc3n2)CC1.CCCOc1ccccc1CC. The van der Waals surface area contributed by atoms with Crippen LogP contribution >= 0.6 is 0 Å². The normalized spacial score (nSPS) is 17.6. The molecule has 1 aliphatic carbocycles. The summed E-state index contributed by atoms with van der Waals surface area (Å²) < 4.78 is 5.58. The minimum atomic E-state index is 0.751. The van der Waals surface area contributed by atoms with E-state index in [1.54, 1.807) is 0 Å². The Bertz CT molecular complexity index is 1010. The van der Waals surface area contributed by atoms with Crippen molar-refractivity contribution >= 4 is 22.7 Å². The van der Waals surface area contributed by atoms with Crippen molar-refractivity contribution in [1.29, 1.82) is 0 Å². The zero-order valence-electron chi connectivity index (χ0n) is 21.7. The van der Waals surface area contributed by atoms with E-state index in [2.05, 4.69) is 60.2 Å². The number of para-hydroxylation sites is 2. The smallest absolute Gasteiger partial charge is 0.225 e. The van der Waals surface area contributed by atoms with Gasteiger partial charge in [0.25, 0.3) is 0 Å². The molecule has 0 saturated heterocycles. The summed E-state index contributed by atoms with van der Waals surface area (Å²) in [5.74, 6) is 4.43. The molecular formula is C29H42N4O. The van der Waals surface area contributed by atoms with Gasteiger partial charge in [-0.3, -0.25) is 0 Å². The highest BCUT2D eigenvalue weighted by Gasteiger charge is 2.18. The second-order valence-electron chi connectivity index (χ2n) is 9.60. The molecule has 184 valence electrons. The van der Waals surface area contributed by atoms with E-state index in [4.69, 9.17) is 9.72 Å². The number of rotatable bonds is 8. The second-order valence-corrected chi connectivity index (χ2v) is 9.60. The van der Waals surface area contributed by atoms with Gasteiger partial charge in [-0.15, -0.1) is 0 Å². The van der Waals surface area contributed by atoms with E-state index >= 15 is 0 Å². The molecule has 1 N–H and O–H groups in total. The molecular weight excluding hydrogens is 420 g/mol. The first-order valence-corrected chi connectivity index (χ1v) is 12.9. The Labute approximate surface area is 206 Å². The summed E-state index contributed by atoms with van der Waals surface area (Å²) in [5, 5.41) is 4.57. The standard InChI is InChI=1S/C18H26N4.C11H16O/c1-13-8-10-14(11-9-13)12-19-18-20-16-7-5-4-6-15(16)17(21-18)22(2)3;1-3-9-12-11-8-6-5-7-10(11)4-2/h4-7,13-14H,8-12H2,1-3H3,(H,19,20,21);5-8H,3-4,9H2,1-2H3. The minimum absolute atomic E-state index is 0.751. The van der Waals surface area contributed by atoms with Crippen LogP contribution in [-0.4, -0.2) is 37.2 Å². The van der Waals surface area contributed by atoms with Crippen LogP contribution < -0.4 is 15.0 Å². The monoisotopic (exact) mass is 462 g/mol. The van der Waals surface area contributed by atoms with Crippen molar-refractivity contribution < 1.29 is 4.74 Å². The fraction of sp³-hybridized carbons (Fsp3) is 0.517. The van der Waals surface area contributed by atoms with Gasteiger partial charge in [0, 0.05) is 26.0 Å². The molecule has 0 bridgehead atoms. The molecule has 5 nitrogen and oxygen atoms in total. The Morgan fingerprint density at radius 3 is 2.35 bits per heavy atom. The molecule has 5 heteroatoms. The van der Waals surface area contributed by atoms with Crippen molar-refractivity contribution in [1.82, 2.24) is 9.97 Å². The highest BCUT2D eigenvalue weighted by molar-refractivity contribution is 5.90. The third kappa shape index (κ3) is 7.34. The highest BCUT2D eigenvalue weighted by atomic mass is 16.5. The molecule has 0 amide bonds. The van der Waals surface area contributed by atoms with Crippen molar-refractivity contribution in [3.05, 3.63) is 54.1 Å². The third-order valence-electron chi connectivity index (χ3n) is 6.51. The van der Waals surface area contributed by atoms with E-state index < -0.39 is 0 Å². The number of benzene rings is 2. The fourth-order valence-electron chi connectivity index (χ4n) is 4.40. The van der Waals surface area contributed by atoms with Gasteiger partial charge in [0.05, 0.1) is 12.1 Å². The molecule has 1 aromatic heterocycles. The first-order valence-electron chi connectivity index (χ1n) is 12.9. The number of fused-ring (bicyclic) bond motifs is 1. The van der Waals surface area contributed by atoms with Crippen molar-refractivity contribution in [2.24, 2.45) is 11.8 Å². The first-order chi connectivity index (χ1) is 16.5. The lowest BCUT2D eigenvalue weighted by Crippen LogP contribution is -2.21. The number of hydrogen-bond acceptors (Lipinski definition) is 5. The summed E-state index contributed by atoms with van der Waals surface area (Å²) in [4.78, 5) is 11.4. The maximum Gasteiger partial charge on any atom is 0.225 e. The number of aromatic nitrogens is 2. The van der Waals surface area contributed by atoms with Gasteiger partial charge in [-0.2, -0.15) is 4.98 Å². The van der Waals surface area contributed by atoms with E-state index in [9.17, 15) is 0 Å². The molecule has 1 aliphatic rings. The number of nitrogens with one attached hydrogen (secondary N) is 1. The van der Waals surface area contributed by atoms with Gasteiger partial charge >= 0.3 is 0 Å². The molecule has 0 atom stereocenters. The molecule has 1 fully saturated rings. The molecule has 3 aromatic rings. The molecule has 0 spiro atoms. The van der Waals surface area contributed by atoms with Crippen LogP contribution in [0.5, 0.6) is 5.75 Å². The summed E-state index contributed by atoms with van der Waals surface area (Å²) in [6.45, 7) is 8.43. The highest BCUT2D eigenvalue weighted by Crippen LogP contribution is 2.29. The predicted molar refractivity (Wildman–Crippen MR) is 145 cm³/mol. The van der Waals surface area contributed by atoms with Gasteiger partial charge in [-0.1, -0.05) is 63.9 Å². The lowest BCUT2D eigenvalue weighted by Gasteiger charge is -2.26. The summed E-state index contributed by atoms with van der Waals surface area (Å²) in [6.07, 6.45) is 7.46. The Kier molecular flexibility index (Phi) is 9.99. The van der Waals surface area contributed by atoms with Crippen LogP contribution in [0.15, 0.2) is 48.5 Å². The summed E-state index contributed by atoms with van der Waals surface area (Å²) in [6, 6.07) is 16.4. The topological polar surface area (TPSA) is 50.3 Å². The summed E-state index contributed by atoms with van der Waals surface area (Å²) in [7, 11) is 4.06. The lowest BCUT2D eigenvalue weighted by molar-refractivity contribution is 0.300. The molecule has 0 aliphatic heterocycles. The molecule has 34 heavy (non-hydrogen) atoms. The molecule has 4 rings (SSSR count). The average molecular weight is 463 g/mol. The van der Waals surface area contributed by atoms with Crippen LogP contribution in [0.3, 0.4) is 0 Å². The van der Waals surface area contributed by atoms with Gasteiger partial charge in [0.15, 0.2) is 0 Å². The third-order valence-corrected chi connectivity index (χ3v) is 6.51. The van der Waals surface area contributed by atoms with Crippen LogP contribution in [0.25, 0.3) is 10.9 Å². The van der Waals surface area contributed by atoms with Crippen LogP contribution in [0.4, 0.5) is 11.8 Å². The van der Waals surface area contributed by atoms with Crippen LogP contribution in [0.1, 0.15) is 58.4 Å². The number of nitrogens with zero attached hydrogens (tertiary/aromatic N) is 3. The van der Waals surface area contributed by atoms with Gasteiger partial charge in [0.1, 0.15) is 11.6 Å². The Hall–Kier alpha value is -2.82. The maximum atomic E-state index is 5.58. The van der Waals surface area contributed by atoms with E-state index in [1.165, 1.54) is 31.2 Å². The van der Waals surface area contributed by atoms with E-state index in [-0.39, 0.29) is 0 Å². The number of hydrogen-bond donors (Lipinski definition) is 1. The van der Waals surface area contributed by atoms with Gasteiger partial charge in [-0.05, 0) is 61.3 Å². The Morgan fingerprint density at radius 1 is 0.941 bits per heavy atom. The van der Waals surface area contributed by atoms with E-state index in [0.717, 1.165) is 66.2 Å². The molecule has 0 unspecified atom stereocenters. The lowest BCUT2D eigenvalue weighted by atomic mass is 9.83. The van der Waals surface area contributed by atoms with Crippen molar-refractivity contribution in [2.75, 3.05) is 37.5 Å². The zero-order chi connectivity index (χ0) is 24.3. The summed E-state index contributed by atoms with van der Waals surface area (Å²) >= 11 is 0. The van der Waals surface area contributed by atoms with E-state index in [0.29, 0.717) is 0 Å².